The van der Waals surface area contributed by atoms with Crippen molar-refractivity contribution in [2.75, 3.05) is 13.2 Å². The number of nitrogens with two attached hydrogens (primary N) is 1. The smallest absolute Gasteiger partial charge is 0.120 e. The van der Waals surface area contributed by atoms with E-state index < -0.39 is 0 Å². The summed E-state index contributed by atoms with van der Waals surface area (Å²) >= 11 is 13.4. The summed E-state index contributed by atoms with van der Waals surface area (Å²) in [6, 6.07) is 11.2. The molecule has 0 aliphatic carbocycles. The van der Waals surface area contributed by atoms with Crippen LogP contribution in [0.4, 0.5) is 0 Å². The van der Waals surface area contributed by atoms with Crippen LogP contribution in [-0.4, -0.2) is 13.2 Å². The highest BCUT2D eigenvalue weighted by atomic mass is 35.5. The van der Waals surface area contributed by atoms with Crippen molar-refractivity contribution in [2.24, 2.45) is 5.73 Å². The highest BCUT2D eigenvalue weighted by Gasteiger charge is 2.13. The third kappa shape index (κ3) is 3.62. The Morgan fingerprint density at radius 3 is 2.67 bits per heavy atom. The molecule has 0 saturated carbocycles. The first-order valence-corrected chi connectivity index (χ1v) is 7.10. The highest BCUT2D eigenvalue weighted by molar-refractivity contribution is 7.16. The Morgan fingerprint density at radius 1 is 1.22 bits per heavy atom. The molecule has 1 unspecified atom stereocenters. The minimum absolute atomic E-state index is 0.154. The van der Waals surface area contributed by atoms with Crippen LogP contribution in [0, 0.1) is 0 Å². The van der Waals surface area contributed by atoms with Crippen molar-refractivity contribution in [1.29, 1.82) is 0 Å². The van der Waals surface area contributed by atoms with Crippen LogP contribution in [-0.2, 0) is 0 Å². The average molecular weight is 302 g/mol. The molecule has 0 bridgehead atoms. The fourth-order valence-corrected chi connectivity index (χ4v) is 2.91. The van der Waals surface area contributed by atoms with E-state index in [1.54, 1.807) is 6.07 Å². The fraction of sp³-hybridized carbons (Fsp3) is 0.231. The third-order valence-electron chi connectivity index (χ3n) is 2.53. The molecule has 0 aliphatic heterocycles. The van der Waals surface area contributed by atoms with Gasteiger partial charge in [-0.05, 0) is 30.3 Å². The SMILES string of the molecule is NCC(COc1cccc(Cl)c1)c1ccc(Cl)s1. The Hall–Kier alpha value is -0.740. The standard InChI is InChI=1S/C13H13Cl2NOS/c14-10-2-1-3-11(6-10)17-8-9(7-16)12-4-5-13(15)18-12/h1-6,9H,7-8,16H2. The molecule has 2 nitrogen and oxygen atoms in total. The van der Waals surface area contributed by atoms with Gasteiger partial charge in [-0.25, -0.2) is 0 Å². The van der Waals surface area contributed by atoms with Gasteiger partial charge in [0.1, 0.15) is 5.75 Å². The van der Waals surface area contributed by atoms with Crippen molar-refractivity contribution in [1.82, 2.24) is 0 Å². The Balaban J connectivity index is 1.99. The van der Waals surface area contributed by atoms with Crippen LogP contribution in [0.1, 0.15) is 10.8 Å². The molecule has 2 N–H and O–H groups in total. The minimum Gasteiger partial charge on any atom is -0.493 e. The molecule has 0 fully saturated rings. The van der Waals surface area contributed by atoms with E-state index in [0.717, 1.165) is 15.0 Å². The van der Waals surface area contributed by atoms with Crippen molar-refractivity contribution in [2.45, 2.75) is 5.92 Å². The van der Waals surface area contributed by atoms with Crippen molar-refractivity contribution in [3.8, 4) is 5.75 Å². The highest BCUT2D eigenvalue weighted by Crippen LogP contribution is 2.28. The van der Waals surface area contributed by atoms with Crippen LogP contribution < -0.4 is 10.5 Å². The molecule has 2 aromatic rings. The van der Waals surface area contributed by atoms with Gasteiger partial charge in [-0.2, -0.15) is 0 Å². The van der Waals surface area contributed by atoms with Gasteiger partial charge in [-0.1, -0.05) is 29.3 Å². The van der Waals surface area contributed by atoms with Gasteiger partial charge in [-0.3, -0.25) is 0 Å². The summed E-state index contributed by atoms with van der Waals surface area (Å²) in [6.45, 7) is 1.05. The molecular formula is C13H13Cl2NOS. The summed E-state index contributed by atoms with van der Waals surface area (Å²) in [5.41, 5.74) is 5.77. The third-order valence-corrected chi connectivity index (χ3v) is 4.16. The number of ether oxygens (including phenoxy) is 1. The molecule has 96 valence electrons. The lowest BCUT2D eigenvalue weighted by atomic mass is 10.1. The molecule has 1 aromatic carbocycles. The van der Waals surface area contributed by atoms with Crippen molar-refractivity contribution < 1.29 is 4.74 Å². The van der Waals surface area contributed by atoms with Crippen LogP contribution >= 0.6 is 34.5 Å². The summed E-state index contributed by atoms with van der Waals surface area (Å²) in [6.07, 6.45) is 0. The quantitative estimate of drug-likeness (QED) is 0.899. The monoisotopic (exact) mass is 301 g/mol. The summed E-state index contributed by atoms with van der Waals surface area (Å²) in [5, 5.41) is 0.663. The van der Waals surface area contributed by atoms with E-state index in [-0.39, 0.29) is 5.92 Å². The first-order valence-electron chi connectivity index (χ1n) is 5.52. The number of hydrogen-bond donors (Lipinski definition) is 1. The Kier molecular flexibility index (Phi) is 4.89. The summed E-state index contributed by atoms with van der Waals surface area (Å²) in [4.78, 5) is 1.14. The average Bonchev–Trinajstić information content (AvgIpc) is 2.77. The molecule has 0 spiro atoms. The lowest BCUT2D eigenvalue weighted by molar-refractivity contribution is 0.292. The topological polar surface area (TPSA) is 35.2 Å². The molecule has 0 amide bonds. The van der Waals surface area contributed by atoms with E-state index in [0.29, 0.717) is 18.2 Å². The van der Waals surface area contributed by atoms with Crippen LogP contribution in [0.2, 0.25) is 9.36 Å². The van der Waals surface area contributed by atoms with Gasteiger partial charge in [0.15, 0.2) is 0 Å². The number of thiophene rings is 1. The van der Waals surface area contributed by atoms with E-state index in [2.05, 4.69) is 0 Å². The molecule has 5 heteroatoms. The van der Waals surface area contributed by atoms with Gasteiger partial charge in [-0.15, -0.1) is 11.3 Å². The Morgan fingerprint density at radius 2 is 2.06 bits per heavy atom. The lowest BCUT2D eigenvalue weighted by Gasteiger charge is -2.14. The van der Waals surface area contributed by atoms with Gasteiger partial charge >= 0.3 is 0 Å². The largest absolute Gasteiger partial charge is 0.493 e. The number of hydrogen-bond acceptors (Lipinski definition) is 3. The van der Waals surface area contributed by atoms with Crippen molar-refractivity contribution >= 4 is 34.5 Å². The van der Waals surface area contributed by atoms with Gasteiger partial charge in [0, 0.05) is 22.4 Å². The predicted molar refractivity (Wildman–Crippen MR) is 78.1 cm³/mol. The summed E-state index contributed by atoms with van der Waals surface area (Å²) in [5.74, 6) is 0.907. The van der Waals surface area contributed by atoms with Crippen LogP contribution in [0.3, 0.4) is 0 Å². The first-order chi connectivity index (χ1) is 8.69. The zero-order valence-corrected chi connectivity index (χ0v) is 11.9. The molecule has 1 heterocycles. The molecule has 0 aliphatic rings. The maximum absolute atomic E-state index is 5.92. The molecular weight excluding hydrogens is 289 g/mol. The second-order valence-corrected chi connectivity index (χ2v) is 6.03. The van der Waals surface area contributed by atoms with E-state index in [1.807, 2.05) is 30.3 Å². The van der Waals surface area contributed by atoms with E-state index in [1.165, 1.54) is 11.3 Å². The fourth-order valence-electron chi connectivity index (χ4n) is 1.57. The zero-order chi connectivity index (χ0) is 13.0. The molecule has 2 rings (SSSR count). The summed E-state index contributed by atoms with van der Waals surface area (Å²) in [7, 11) is 0. The number of halogens is 2. The minimum atomic E-state index is 0.154. The number of rotatable bonds is 5. The van der Waals surface area contributed by atoms with Gasteiger partial charge < -0.3 is 10.5 Å². The molecule has 1 atom stereocenters. The van der Waals surface area contributed by atoms with E-state index in [9.17, 15) is 0 Å². The van der Waals surface area contributed by atoms with Crippen LogP contribution in [0.5, 0.6) is 5.75 Å². The summed E-state index contributed by atoms with van der Waals surface area (Å²) < 4.78 is 6.47. The molecule has 18 heavy (non-hydrogen) atoms. The number of benzene rings is 1. The Bertz CT molecular complexity index is 515. The van der Waals surface area contributed by atoms with Crippen molar-refractivity contribution in [3.05, 3.63) is 50.6 Å². The second kappa shape index (κ2) is 6.43. The van der Waals surface area contributed by atoms with Gasteiger partial charge in [0.2, 0.25) is 0 Å². The zero-order valence-electron chi connectivity index (χ0n) is 9.61. The van der Waals surface area contributed by atoms with E-state index in [4.69, 9.17) is 33.7 Å². The predicted octanol–water partition coefficient (Wildman–Crippen LogP) is 4.18. The second-order valence-electron chi connectivity index (χ2n) is 3.84. The van der Waals surface area contributed by atoms with Crippen LogP contribution in [0.15, 0.2) is 36.4 Å². The normalized spacial score (nSPS) is 12.4. The van der Waals surface area contributed by atoms with Gasteiger partial charge in [0.05, 0.1) is 10.9 Å². The van der Waals surface area contributed by atoms with Crippen LogP contribution in [0.25, 0.3) is 0 Å². The van der Waals surface area contributed by atoms with Gasteiger partial charge in [0.25, 0.3) is 0 Å². The molecule has 1 aromatic heterocycles. The van der Waals surface area contributed by atoms with Crippen molar-refractivity contribution in [3.63, 3.8) is 0 Å². The maximum atomic E-state index is 5.92. The first kappa shape index (κ1) is 13.7. The lowest BCUT2D eigenvalue weighted by Crippen LogP contribution is -2.18. The van der Waals surface area contributed by atoms with E-state index >= 15 is 0 Å². The maximum Gasteiger partial charge on any atom is 0.120 e. The Labute approximate surface area is 120 Å². The molecule has 0 saturated heterocycles. The molecule has 0 radical (unpaired) electrons.